The van der Waals surface area contributed by atoms with E-state index in [4.69, 9.17) is 4.74 Å². The van der Waals surface area contributed by atoms with Gasteiger partial charge in [0.25, 0.3) is 0 Å². The van der Waals surface area contributed by atoms with Crippen molar-refractivity contribution in [1.29, 1.82) is 0 Å². The monoisotopic (exact) mass is 293 g/mol. The Bertz CT molecular complexity index is 533. The average Bonchev–Trinajstić information content (AvgIpc) is 2.85. The van der Waals surface area contributed by atoms with Crippen molar-refractivity contribution in [2.75, 3.05) is 0 Å². The Kier molecular flexibility index (Phi) is 4.32. The van der Waals surface area contributed by atoms with Gasteiger partial charge in [0.1, 0.15) is 11.4 Å². The SMILES string of the molecule is CC(C)(C)OC(=O)N(O)[C@H]1CC=C[C@@H]1c1ccc(F)cc1. The van der Waals surface area contributed by atoms with Crippen molar-refractivity contribution >= 4 is 6.09 Å². The standard InChI is InChI=1S/C16H20FNO3/c1-16(2,3)21-15(19)18(20)14-6-4-5-13(14)11-7-9-12(17)10-8-11/h4-5,7-10,13-14,20H,6H2,1-3H3/t13-,14+/m1/s1. The molecule has 0 aliphatic heterocycles. The minimum Gasteiger partial charge on any atom is -0.442 e. The van der Waals surface area contributed by atoms with Crippen molar-refractivity contribution in [2.24, 2.45) is 0 Å². The van der Waals surface area contributed by atoms with E-state index in [1.165, 1.54) is 12.1 Å². The van der Waals surface area contributed by atoms with Crippen LogP contribution in [0.15, 0.2) is 36.4 Å². The molecule has 0 saturated heterocycles. The lowest BCUT2D eigenvalue weighted by Crippen LogP contribution is -2.42. The lowest BCUT2D eigenvalue weighted by molar-refractivity contribution is -0.120. The average molecular weight is 293 g/mol. The topological polar surface area (TPSA) is 49.8 Å². The number of benzene rings is 1. The van der Waals surface area contributed by atoms with E-state index in [1.54, 1.807) is 32.9 Å². The summed E-state index contributed by atoms with van der Waals surface area (Å²) in [6, 6.07) is 5.61. The molecule has 5 heteroatoms. The molecule has 21 heavy (non-hydrogen) atoms. The summed E-state index contributed by atoms with van der Waals surface area (Å²) < 4.78 is 18.2. The summed E-state index contributed by atoms with van der Waals surface area (Å²) in [4.78, 5) is 11.9. The second kappa shape index (κ2) is 5.85. The van der Waals surface area contributed by atoms with Gasteiger partial charge in [0.15, 0.2) is 0 Å². The van der Waals surface area contributed by atoms with Crippen molar-refractivity contribution < 1.29 is 19.1 Å². The normalized spacial score (nSPS) is 21.4. The zero-order valence-electron chi connectivity index (χ0n) is 12.4. The molecule has 1 aromatic carbocycles. The summed E-state index contributed by atoms with van der Waals surface area (Å²) in [6.45, 7) is 5.22. The molecule has 4 nitrogen and oxygen atoms in total. The van der Waals surface area contributed by atoms with E-state index in [-0.39, 0.29) is 11.7 Å². The number of rotatable bonds is 2. The zero-order chi connectivity index (χ0) is 15.6. The van der Waals surface area contributed by atoms with Crippen LogP contribution in [-0.2, 0) is 4.74 Å². The van der Waals surface area contributed by atoms with Gasteiger partial charge < -0.3 is 4.74 Å². The summed E-state index contributed by atoms with van der Waals surface area (Å²) in [5.74, 6) is -0.492. The summed E-state index contributed by atoms with van der Waals surface area (Å²) in [6.07, 6.45) is 3.55. The Morgan fingerprint density at radius 3 is 2.52 bits per heavy atom. The van der Waals surface area contributed by atoms with Crippen LogP contribution in [0.4, 0.5) is 9.18 Å². The Labute approximate surface area is 123 Å². The van der Waals surface area contributed by atoms with E-state index < -0.39 is 17.7 Å². The van der Waals surface area contributed by atoms with Crippen LogP contribution in [0.1, 0.15) is 38.7 Å². The Morgan fingerprint density at radius 1 is 1.33 bits per heavy atom. The molecule has 1 amide bonds. The molecule has 2 atom stereocenters. The van der Waals surface area contributed by atoms with Crippen molar-refractivity contribution in [3.8, 4) is 0 Å². The second-order valence-electron chi connectivity index (χ2n) is 6.13. The van der Waals surface area contributed by atoms with Crippen LogP contribution in [-0.4, -0.2) is 28.0 Å². The Hall–Kier alpha value is -1.88. The van der Waals surface area contributed by atoms with Gasteiger partial charge in [0.2, 0.25) is 0 Å². The summed E-state index contributed by atoms with van der Waals surface area (Å²) in [5, 5.41) is 10.8. The Balaban J connectivity index is 2.12. The van der Waals surface area contributed by atoms with Gasteiger partial charge in [-0.25, -0.2) is 9.18 Å². The van der Waals surface area contributed by atoms with E-state index in [0.29, 0.717) is 11.5 Å². The van der Waals surface area contributed by atoms with Gasteiger partial charge in [-0.2, -0.15) is 5.06 Å². The van der Waals surface area contributed by atoms with Gasteiger partial charge in [0, 0.05) is 5.92 Å². The van der Waals surface area contributed by atoms with Gasteiger partial charge in [-0.15, -0.1) is 0 Å². The predicted octanol–water partition coefficient (Wildman–Crippen LogP) is 3.86. The Morgan fingerprint density at radius 2 is 1.95 bits per heavy atom. The van der Waals surface area contributed by atoms with Crippen LogP contribution >= 0.6 is 0 Å². The van der Waals surface area contributed by atoms with E-state index in [0.717, 1.165) is 5.56 Å². The highest BCUT2D eigenvalue weighted by atomic mass is 19.1. The maximum atomic E-state index is 13.0. The number of carbonyl (C=O) groups is 1. The van der Waals surface area contributed by atoms with Crippen LogP contribution < -0.4 is 0 Å². The number of hydrogen-bond acceptors (Lipinski definition) is 3. The number of ether oxygens (including phenoxy) is 1. The molecule has 0 radical (unpaired) electrons. The first-order chi connectivity index (χ1) is 9.78. The molecule has 0 heterocycles. The molecule has 1 N–H and O–H groups in total. The third-order valence-corrected chi connectivity index (χ3v) is 3.29. The van der Waals surface area contributed by atoms with E-state index in [9.17, 15) is 14.4 Å². The number of hydroxylamine groups is 2. The smallest absolute Gasteiger partial charge is 0.434 e. The number of amides is 1. The van der Waals surface area contributed by atoms with Crippen LogP contribution in [0.3, 0.4) is 0 Å². The van der Waals surface area contributed by atoms with Crippen molar-refractivity contribution in [1.82, 2.24) is 5.06 Å². The number of nitrogens with zero attached hydrogens (tertiary/aromatic N) is 1. The van der Waals surface area contributed by atoms with Crippen molar-refractivity contribution in [2.45, 2.75) is 44.8 Å². The van der Waals surface area contributed by atoms with Crippen LogP contribution in [0.25, 0.3) is 0 Å². The quantitative estimate of drug-likeness (QED) is 0.511. The molecule has 1 aliphatic rings. The van der Waals surface area contributed by atoms with Crippen LogP contribution in [0.2, 0.25) is 0 Å². The molecule has 1 aliphatic carbocycles. The third-order valence-electron chi connectivity index (χ3n) is 3.29. The zero-order valence-corrected chi connectivity index (χ0v) is 12.4. The highest BCUT2D eigenvalue weighted by molar-refractivity contribution is 5.67. The van der Waals surface area contributed by atoms with Gasteiger partial charge in [-0.05, 0) is 44.9 Å². The molecule has 1 aromatic rings. The molecule has 0 saturated carbocycles. The van der Waals surface area contributed by atoms with Gasteiger partial charge >= 0.3 is 6.09 Å². The predicted molar refractivity (Wildman–Crippen MR) is 76.5 cm³/mol. The number of halogens is 1. The summed E-state index contributed by atoms with van der Waals surface area (Å²) in [7, 11) is 0. The maximum absolute atomic E-state index is 13.0. The summed E-state index contributed by atoms with van der Waals surface area (Å²) in [5.41, 5.74) is 0.174. The molecule has 2 rings (SSSR count). The first kappa shape index (κ1) is 15.5. The molecule has 0 spiro atoms. The minimum absolute atomic E-state index is 0.178. The lowest BCUT2D eigenvalue weighted by Gasteiger charge is -2.30. The third kappa shape index (κ3) is 3.82. The van der Waals surface area contributed by atoms with E-state index in [1.807, 2.05) is 12.2 Å². The molecule has 0 bridgehead atoms. The largest absolute Gasteiger partial charge is 0.442 e. The molecular weight excluding hydrogens is 273 g/mol. The number of hydrogen-bond donors (Lipinski definition) is 1. The van der Waals surface area contributed by atoms with Gasteiger partial charge in [-0.1, -0.05) is 24.3 Å². The molecule has 0 aromatic heterocycles. The van der Waals surface area contributed by atoms with Gasteiger partial charge in [-0.3, -0.25) is 5.21 Å². The van der Waals surface area contributed by atoms with Crippen molar-refractivity contribution in [3.63, 3.8) is 0 Å². The maximum Gasteiger partial charge on any atom is 0.434 e. The van der Waals surface area contributed by atoms with E-state index in [2.05, 4.69) is 0 Å². The first-order valence-electron chi connectivity index (χ1n) is 6.91. The summed E-state index contributed by atoms with van der Waals surface area (Å²) >= 11 is 0. The fourth-order valence-corrected chi connectivity index (χ4v) is 2.35. The second-order valence-corrected chi connectivity index (χ2v) is 6.13. The number of carbonyl (C=O) groups excluding carboxylic acids is 1. The molecular formula is C16H20FNO3. The fourth-order valence-electron chi connectivity index (χ4n) is 2.35. The highest BCUT2D eigenvalue weighted by Gasteiger charge is 2.34. The first-order valence-corrected chi connectivity index (χ1v) is 6.91. The molecule has 0 fully saturated rings. The van der Waals surface area contributed by atoms with Crippen LogP contribution in [0.5, 0.6) is 0 Å². The van der Waals surface area contributed by atoms with Gasteiger partial charge in [0.05, 0.1) is 6.04 Å². The minimum atomic E-state index is -0.775. The van der Waals surface area contributed by atoms with Crippen molar-refractivity contribution in [3.05, 3.63) is 47.8 Å². The molecule has 0 unspecified atom stereocenters. The van der Waals surface area contributed by atoms with E-state index >= 15 is 0 Å². The fraction of sp³-hybridized carbons (Fsp3) is 0.438. The molecule has 114 valence electrons. The highest BCUT2D eigenvalue weighted by Crippen LogP contribution is 2.32. The lowest BCUT2D eigenvalue weighted by atomic mass is 9.94. The van der Waals surface area contributed by atoms with Crippen LogP contribution in [0, 0.1) is 5.82 Å².